The molecule has 0 fully saturated rings. The highest BCUT2D eigenvalue weighted by molar-refractivity contribution is 5.98. The van der Waals surface area contributed by atoms with Gasteiger partial charge in [0.15, 0.2) is 0 Å². The van der Waals surface area contributed by atoms with Crippen LogP contribution < -0.4 is 16.4 Å². The van der Waals surface area contributed by atoms with Crippen LogP contribution in [0, 0.1) is 0 Å². The molecule has 4 N–H and O–H groups in total. The van der Waals surface area contributed by atoms with Crippen molar-refractivity contribution in [1.29, 1.82) is 0 Å². The zero-order valence-corrected chi connectivity index (χ0v) is 10.2. The minimum absolute atomic E-state index is 0.160. The quantitative estimate of drug-likeness (QED) is 0.738. The van der Waals surface area contributed by atoms with E-state index < -0.39 is 5.54 Å². The van der Waals surface area contributed by atoms with Crippen LogP contribution in [0.5, 0.6) is 0 Å². The van der Waals surface area contributed by atoms with Crippen molar-refractivity contribution in [2.75, 3.05) is 10.6 Å². The fourth-order valence-corrected chi connectivity index (χ4v) is 1.17. The molecule has 5 nitrogen and oxygen atoms in total. The van der Waals surface area contributed by atoms with Crippen LogP contribution >= 0.6 is 0 Å². The number of hydrogen-bond donors (Lipinski definition) is 3. The third-order valence-electron chi connectivity index (χ3n) is 2.03. The van der Waals surface area contributed by atoms with Gasteiger partial charge in [0.05, 0.1) is 5.54 Å². The van der Waals surface area contributed by atoms with Crippen LogP contribution in [0.1, 0.15) is 20.8 Å². The van der Waals surface area contributed by atoms with Crippen molar-refractivity contribution >= 4 is 23.2 Å². The third-order valence-corrected chi connectivity index (χ3v) is 2.03. The van der Waals surface area contributed by atoms with E-state index in [9.17, 15) is 9.59 Å². The second-order valence-corrected chi connectivity index (χ2v) is 4.44. The lowest BCUT2D eigenvalue weighted by Crippen LogP contribution is -2.45. The summed E-state index contributed by atoms with van der Waals surface area (Å²) in [6, 6.07) is 6.88. The lowest BCUT2D eigenvalue weighted by atomic mass is 10.1. The summed E-state index contributed by atoms with van der Waals surface area (Å²) in [5.74, 6) is -0.440. The first kappa shape index (κ1) is 13.2. The van der Waals surface area contributed by atoms with E-state index in [2.05, 4.69) is 10.6 Å². The number of amides is 2. The van der Waals surface area contributed by atoms with Crippen molar-refractivity contribution < 1.29 is 9.59 Å². The topological polar surface area (TPSA) is 84.2 Å². The monoisotopic (exact) mass is 235 g/mol. The maximum Gasteiger partial charge on any atom is 0.243 e. The molecule has 1 aromatic rings. The minimum atomic E-state index is -0.940. The van der Waals surface area contributed by atoms with Gasteiger partial charge in [0.1, 0.15) is 0 Å². The first-order chi connectivity index (χ1) is 7.79. The molecule has 5 heteroatoms. The highest BCUT2D eigenvalue weighted by Gasteiger charge is 2.21. The molecule has 17 heavy (non-hydrogen) atoms. The molecule has 0 saturated heterocycles. The maximum absolute atomic E-state index is 11.6. The smallest absolute Gasteiger partial charge is 0.243 e. The molecule has 0 bridgehead atoms. The van der Waals surface area contributed by atoms with E-state index in [0.29, 0.717) is 11.4 Å². The molecule has 0 atom stereocenters. The third kappa shape index (κ3) is 4.24. The second kappa shape index (κ2) is 4.97. The summed E-state index contributed by atoms with van der Waals surface area (Å²) < 4.78 is 0. The standard InChI is InChI=1S/C12H17N3O2/c1-8(16)14-9-5-4-6-10(7-9)15-11(17)12(2,3)13/h4-7H,13H2,1-3H3,(H,14,16)(H,15,17). The van der Waals surface area contributed by atoms with E-state index in [1.807, 2.05) is 0 Å². The van der Waals surface area contributed by atoms with Crippen LogP contribution in [0.2, 0.25) is 0 Å². The molecule has 2 amide bonds. The molecular formula is C12H17N3O2. The van der Waals surface area contributed by atoms with Gasteiger partial charge < -0.3 is 16.4 Å². The van der Waals surface area contributed by atoms with Gasteiger partial charge in [-0.2, -0.15) is 0 Å². The number of nitrogens with one attached hydrogen (secondary N) is 2. The summed E-state index contributed by atoms with van der Waals surface area (Å²) in [5, 5.41) is 5.32. The van der Waals surface area contributed by atoms with Gasteiger partial charge >= 0.3 is 0 Å². The van der Waals surface area contributed by atoms with Crippen molar-refractivity contribution in [3.63, 3.8) is 0 Å². The molecule has 92 valence electrons. The van der Waals surface area contributed by atoms with Crippen LogP contribution in [0.4, 0.5) is 11.4 Å². The number of carbonyl (C=O) groups is 2. The molecule has 0 aromatic heterocycles. The summed E-state index contributed by atoms with van der Waals surface area (Å²) >= 11 is 0. The van der Waals surface area contributed by atoms with Gasteiger partial charge in [-0.05, 0) is 32.0 Å². The van der Waals surface area contributed by atoms with E-state index in [4.69, 9.17) is 5.73 Å². The van der Waals surface area contributed by atoms with Crippen LogP contribution in [0.3, 0.4) is 0 Å². The number of nitrogens with two attached hydrogens (primary N) is 1. The van der Waals surface area contributed by atoms with Crippen molar-refractivity contribution in [1.82, 2.24) is 0 Å². The number of anilines is 2. The maximum atomic E-state index is 11.6. The molecule has 0 spiro atoms. The highest BCUT2D eigenvalue weighted by Crippen LogP contribution is 2.16. The SMILES string of the molecule is CC(=O)Nc1cccc(NC(=O)C(C)(C)N)c1. The second-order valence-electron chi connectivity index (χ2n) is 4.44. The van der Waals surface area contributed by atoms with Crippen molar-refractivity contribution in [2.45, 2.75) is 26.3 Å². The predicted molar refractivity (Wildman–Crippen MR) is 67.6 cm³/mol. The molecule has 0 heterocycles. The van der Waals surface area contributed by atoms with E-state index in [1.54, 1.807) is 38.1 Å². The van der Waals surface area contributed by atoms with Gasteiger partial charge in [0.2, 0.25) is 11.8 Å². The zero-order valence-electron chi connectivity index (χ0n) is 10.2. The Kier molecular flexibility index (Phi) is 3.85. The average Bonchev–Trinajstić information content (AvgIpc) is 2.15. The molecule has 0 saturated carbocycles. The molecule has 0 aliphatic heterocycles. The highest BCUT2D eigenvalue weighted by atomic mass is 16.2. The van der Waals surface area contributed by atoms with E-state index in [1.165, 1.54) is 6.92 Å². The number of hydrogen-bond acceptors (Lipinski definition) is 3. The molecule has 0 aliphatic carbocycles. The Morgan fingerprint density at radius 1 is 1.18 bits per heavy atom. The normalized spacial score (nSPS) is 10.8. The van der Waals surface area contributed by atoms with Gasteiger partial charge in [0, 0.05) is 18.3 Å². The number of carbonyl (C=O) groups excluding carboxylic acids is 2. The molecule has 0 radical (unpaired) electrons. The Balaban J connectivity index is 2.79. The van der Waals surface area contributed by atoms with E-state index >= 15 is 0 Å². The Hall–Kier alpha value is -1.88. The fourth-order valence-electron chi connectivity index (χ4n) is 1.17. The van der Waals surface area contributed by atoms with Crippen LogP contribution in [0.15, 0.2) is 24.3 Å². The lowest BCUT2D eigenvalue weighted by molar-refractivity contribution is -0.120. The summed E-state index contributed by atoms with van der Waals surface area (Å²) in [7, 11) is 0. The molecule has 1 aromatic carbocycles. The van der Waals surface area contributed by atoms with E-state index in [-0.39, 0.29) is 11.8 Å². The predicted octanol–water partition coefficient (Wildman–Crippen LogP) is 1.32. The summed E-state index contributed by atoms with van der Waals surface area (Å²) in [4.78, 5) is 22.5. The lowest BCUT2D eigenvalue weighted by Gasteiger charge is -2.18. The van der Waals surface area contributed by atoms with Gasteiger partial charge in [0.25, 0.3) is 0 Å². The molecule has 1 rings (SSSR count). The van der Waals surface area contributed by atoms with Gasteiger partial charge in [-0.15, -0.1) is 0 Å². The number of benzene rings is 1. The van der Waals surface area contributed by atoms with E-state index in [0.717, 1.165) is 0 Å². The first-order valence-corrected chi connectivity index (χ1v) is 5.27. The summed E-state index contributed by atoms with van der Waals surface area (Å²) in [6.07, 6.45) is 0. The molecule has 0 unspecified atom stereocenters. The minimum Gasteiger partial charge on any atom is -0.326 e. The summed E-state index contributed by atoms with van der Waals surface area (Å²) in [5.41, 5.74) is 5.95. The molecule has 0 aliphatic rings. The fraction of sp³-hybridized carbons (Fsp3) is 0.333. The van der Waals surface area contributed by atoms with Gasteiger partial charge in [-0.1, -0.05) is 6.07 Å². The van der Waals surface area contributed by atoms with Gasteiger partial charge in [-0.3, -0.25) is 9.59 Å². The van der Waals surface area contributed by atoms with Crippen LogP contribution in [-0.2, 0) is 9.59 Å². The van der Waals surface area contributed by atoms with Crippen LogP contribution in [-0.4, -0.2) is 17.4 Å². The Labute approximate surface area is 100 Å². The zero-order chi connectivity index (χ0) is 13.1. The van der Waals surface area contributed by atoms with Crippen molar-refractivity contribution in [3.8, 4) is 0 Å². The largest absolute Gasteiger partial charge is 0.326 e. The first-order valence-electron chi connectivity index (χ1n) is 5.27. The molecular weight excluding hydrogens is 218 g/mol. The Morgan fingerprint density at radius 2 is 1.71 bits per heavy atom. The van der Waals surface area contributed by atoms with Crippen molar-refractivity contribution in [2.24, 2.45) is 5.73 Å². The average molecular weight is 235 g/mol. The van der Waals surface area contributed by atoms with Crippen LogP contribution in [0.25, 0.3) is 0 Å². The Bertz CT molecular complexity index is 436. The van der Waals surface area contributed by atoms with Gasteiger partial charge in [-0.25, -0.2) is 0 Å². The summed E-state index contributed by atoms with van der Waals surface area (Å²) in [6.45, 7) is 4.67. The Morgan fingerprint density at radius 3 is 2.18 bits per heavy atom. The van der Waals surface area contributed by atoms with Crippen molar-refractivity contribution in [3.05, 3.63) is 24.3 Å². The number of rotatable bonds is 3.